The fraction of sp³-hybridized carbons (Fsp3) is 0.379. The van der Waals surface area contributed by atoms with E-state index in [1.54, 1.807) is 12.1 Å². The molecule has 1 amide bonds. The average molecular weight is 514 g/mol. The van der Waals surface area contributed by atoms with Gasteiger partial charge >= 0.3 is 0 Å². The van der Waals surface area contributed by atoms with E-state index in [1.807, 2.05) is 54.0 Å². The van der Waals surface area contributed by atoms with Crippen molar-refractivity contribution in [2.24, 2.45) is 0 Å². The number of halogens is 1. The Balaban J connectivity index is 1.25. The minimum Gasteiger partial charge on any atom is -0.354 e. The molecule has 2 aliphatic rings. The van der Waals surface area contributed by atoms with Gasteiger partial charge in [0.05, 0.1) is 17.9 Å². The minimum atomic E-state index is -0.215. The van der Waals surface area contributed by atoms with E-state index in [-0.39, 0.29) is 23.8 Å². The summed E-state index contributed by atoms with van der Waals surface area (Å²) in [5.41, 5.74) is 3.33. The number of nitrogens with zero attached hydrogens (tertiary/aromatic N) is 6. The van der Waals surface area contributed by atoms with E-state index in [2.05, 4.69) is 20.1 Å². The number of benzene rings is 1. The molecule has 2 aliphatic heterocycles. The third kappa shape index (κ3) is 4.80. The van der Waals surface area contributed by atoms with Gasteiger partial charge in [-0.1, -0.05) is 25.1 Å². The molecule has 0 spiro atoms. The molecule has 2 atom stereocenters. The van der Waals surface area contributed by atoms with Crippen LogP contribution in [-0.4, -0.2) is 51.2 Å². The number of hydrogen-bond acceptors (Lipinski definition) is 6. The summed E-state index contributed by atoms with van der Waals surface area (Å²) in [6.07, 6.45) is 6.11. The van der Waals surface area contributed by atoms with Gasteiger partial charge in [-0.15, -0.1) is 5.10 Å². The van der Waals surface area contributed by atoms with Gasteiger partial charge in [0.2, 0.25) is 5.91 Å². The molecular weight excluding hydrogens is 481 g/mol. The SMILES string of the molecule is CCCC(=O)NC1CCN(c2cccc(-c3cnc4ccc(N5CCCC5c5cccc(F)c5)nn34)n2)C1. The number of hydrogen-bond donors (Lipinski definition) is 1. The number of amides is 1. The highest BCUT2D eigenvalue weighted by molar-refractivity contribution is 5.76. The predicted octanol–water partition coefficient (Wildman–Crippen LogP) is 4.77. The topological polar surface area (TPSA) is 78.7 Å². The van der Waals surface area contributed by atoms with Crippen molar-refractivity contribution < 1.29 is 9.18 Å². The van der Waals surface area contributed by atoms with Gasteiger partial charge in [-0.25, -0.2) is 18.9 Å². The Morgan fingerprint density at radius 2 is 1.97 bits per heavy atom. The standard InChI is InChI=1S/C29H32FN7O/c1-2-6-29(38)32-22-14-16-35(19-22)27-11-4-9-23(33-27)25-18-31-26-12-13-28(34-37(25)26)36-15-5-10-24(36)20-7-3-8-21(30)17-20/h3-4,7-9,11-13,17-18,22,24H,2,5-6,10,14-16,19H2,1H3,(H,32,38). The van der Waals surface area contributed by atoms with Crippen molar-refractivity contribution in [3.8, 4) is 11.4 Å². The molecule has 6 rings (SSSR count). The molecule has 3 aromatic heterocycles. The lowest BCUT2D eigenvalue weighted by atomic mass is 10.0. The summed E-state index contributed by atoms with van der Waals surface area (Å²) in [5, 5.41) is 8.11. The Bertz CT molecular complexity index is 1450. The van der Waals surface area contributed by atoms with Crippen LogP contribution in [0, 0.1) is 5.82 Å². The number of carbonyl (C=O) groups excluding carboxylic acids is 1. The predicted molar refractivity (Wildman–Crippen MR) is 146 cm³/mol. The number of carbonyl (C=O) groups is 1. The fourth-order valence-corrected chi connectivity index (χ4v) is 5.65. The van der Waals surface area contributed by atoms with Crippen LogP contribution in [0.15, 0.2) is 60.8 Å². The van der Waals surface area contributed by atoms with Crippen LogP contribution in [0.1, 0.15) is 50.6 Å². The van der Waals surface area contributed by atoms with Crippen molar-refractivity contribution in [2.75, 3.05) is 29.4 Å². The Hall–Kier alpha value is -4.01. The number of rotatable bonds is 7. The molecule has 0 aliphatic carbocycles. The Morgan fingerprint density at radius 3 is 2.84 bits per heavy atom. The van der Waals surface area contributed by atoms with E-state index >= 15 is 0 Å². The van der Waals surface area contributed by atoms with Crippen molar-refractivity contribution in [2.45, 2.75) is 51.1 Å². The summed E-state index contributed by atoms with van der Waals surface area (Å²) >= 11 is 0. The molecule has 1 N–H and O–H groups in total. The zero-order chi connectivity index (χ0) is 26.1. The molecule has 196 valence electrons. The molecule has 0 bridgehead atoms. The normalized spacial score (nSPS) is 19.4. The van der Waals surface area contributed by atoms with Crippen LogP contribution >= 0.6 is 0 Å². The molecule has 0 radical (unpaired) electrons. The summed E-state index contributed by atoms with van der Waals surface area (Å²) < 4.78 is 15.8. The highest BCUT2D eigenvalue weighted by atomic mass is 19.1. The number of pyridine rings is 1. The molecule has 4 aromatic rings. The van der Waals surface area contributed by atoms with Crippen molar-refractivity contribution in [1.82, 2.24) is 24.9 Å². The van der Waals surface area contributed by atoms with Gasteiger partial charge in [-0.3, -0.25) is 4.79 Å². The summed E-state index contributed by atoms with van der Waals surface area (Å²) in [7, 11) is 0. The van der Waals surface area contributed by atoms with Crippen LogP contribution in [0.4, 0.5) is 16.0 Å². The van der Waals surface area contributed by atoms with E-state index in [1.165, 1.54) is 6.07 Å². The molecule has 1 aromatic carbocycles. The van der Waals surface area contributed by atoms with Crippen molar-refractivity contribution in [3.63, 3.8) is 0 Å². The van der Waals surface area contributed by atoms with Gasteiger partial charge in [-0.2, -0.15) is 0 Å². The van der Waals surface area contributed by atoms with Crippen LogP contribution in [0.25, 0.3) is 17.0 Å². The third-order valence-electron chi connectivity index (χ3n) is 7.48. The van der Waals surface area contributed by atoms with Crippen molar-refractivity contribution in [1.29, 1.82) is 0 Å². The van der Waals surface area contributed by atoms with Crippen molar-refractivity contribution >= 4 is 23.2 Å². The summed E-state index contributed by atoms with van der Waals surface area (Å²) in [4.78, 5) is 26.0. The molecule has 0 saturated carbocycles. The maximum atomic E-state index is 13.9. The molecule has 2 fully saturated rings. The van der Waals surface area contributed by atoms with E-state index in [0.29, 0.717) is 6.42 Å². The molecule has 2 unspecified atom stereocenters. The average Bonchev–Trinajstić information content (AvgIpc) is 3.68. The lowest BCUT2D eigenvalue weighted by Gasteiger charge is -2.26. The lowest BCUT2D eigenvalue weighted by molar-refractivity contribution is -0.121. The second kappa shape index (κ2) is 10.4. The second-order valence-electron chi connectivity index (χ2n) is 10.1. The van der Waals surface area contributed by atoms with Gasteiger partial charge in [-0.05, 0) is 67.6 Å². The fourth-order valence-electron chi connectivity index (χ4n) is 5.65. The maximum absolute atomic E-state index is 13.9. The number of aromatic nitrogens is 4. The summed E-state index contributed by atoms with van der Waals surface area (Å²) in [6.45, 7) is 4.47. The van der Waals surface area contributed by atoms with E-state index in [4.69, 9.17) is 10.1 Å². The quantitative estimate of drug-likeness (QED) is 0.384. The monoisotopic (exact) mass is 513 g/mol. The first-order valence-electron chi connectivity index (χ1n) is 13.5. The van der Waals surface area contributed by atoms with Crippen LogP contribution in [0.2, 0.25) is 0 Å². The van der Waals surface area contributed by atoms with Gasteiger partial charge in [0.1, 0.15) is 23.1 Å². The lowest BCUT2D eigenvalue weighted by Crippen LogP contribution is -2.37. The third-order valence-corrected chi connectivity index (χ3v) is 7.48. The number of imidazole rings is 1. The molecule has 8 nitrogen and oxygen atoms in total. The Labute approximate surface area is 221 Å². The minimum absolute atomic E-state index is 0.0880. The van der Waals surface area contributed by atoms with Crippen molar-refractivity contribution in [3.05, 3.63) is 72.2 Å². The summed E-state index contributed by atoms with van der Waals surface area (Å²) in [6, 6.07) is 17.0. The first kappa shape index (κ1) is 24.3. The van der Waals surface area contributed by atoms with Gasteiger partial charge in [0.25, 0.3) is 0 Å². The molecule has 38 heavy (non-hydrogen) atoms. The Kier molecular flexibility index (Phi) is 6.66. The van der Waals surface area contributed by atoms with Crippen LogP contribution in [0.3, 0.4) is 0 Å². The van der Waals surface area contributed by atoms with Gasteiger partial charge < -0.3 is 15.1 Å². The number of anilines is 2. The Morgan fingerprint density at radius 1 is 1.08 bits per heavy atom. The van der Waals surface area contributed by atoms with E-state index in [0.717, 1.165) is 79.6 Å². The first-order valence-corrected chi connectivity index (χ1v) is 13.5. The highest BCUT2D eigenvalue weighted by Crippen LogP contribution is 2.36. The zero-order valence-electron chi connectivity index (χ0n) is 21.6. The molecular formula is C29H32FN7O. The zero-order valence-corrected chi connectivity index (χ0v) is 21.6. The molecule has 5 heterocycles. The van der Waals surface area contributed by atoms with Crippen LogP contribution < -0.4 is 15.1 Å². The van der Waals surface area contributed by atoms with E-state index < -0.39 is 0 Å². The number of fused-ring (bicyclic) bond motifs is 1. The second-order valence-corrected chi connectivity index (χ2v) is 10.1. The summed E-state index contributed by atoms with van der Waals surface area (Å²) in [5.74, 6) is 1.62. The highest BCUT2D eigenvalue weighted by Gasteiger charge is 2.28. The van der Waals surface area contributed by atoms with E-state index in [9.17, 15) is 9.18 Å². The molecule has 9 heteroatoms. The smallest absolute Gasteiger partial charge is 0.220 e. The van der Waals surface area contributed by atoms with Crippen LogP contribution in [-0.2, 0) is 4.79 Å². The first-order chi connectivity index (χ1) is 18.6. The van der Waals surface area contributed by atoms with Gasteiger partial charge in [0.15, 0.2) is 5.65 Å². The molecule has 2 saturated heterocycles. The largest absolute Gasteiger partial charge is 0.354 e. The maximum Gasteiger partial charge on any atom is 0.220 e. The van der Waals surface area contributed by atoms with Gasteiger partial charge in [0, 0.05) is 32.1 Å². The van der Waals surface area contributed by atoms with Crippen LogP contribution in [0.5, 0.6) is 0 Å². The number of nitrogens with one attached hydrogen (secondary N) is 1.